The van der Waals surface area contributed by atoms with Crippen LogP contribution in [0.1, 0.15) is 5.69 Å². The molecule has 0 amide bonds. The summed E-state index contributed by atoms with van der Waals surface area (Å²) in [4.78, 5) is 3.97. The Labute approximate surface area is 69.8 Å². The van der Waals surface area contributed by atoms with E-state index in [4.69, 9.17) is 11.6 Å². The van der Waals surface area contributed by atoms with E-state index in [2.05, 4.69) is 4.98 Å². The number of aromatic nitrogens is 1. The third-order valence-electron chi connectivity index (χ3n) is 0.863. The molecule has 9 heavy (non-hydrogen) atoms. The van der Waals surface area contributed by atoms with E-state index < -0.39 is 0 Å². The Morgan fingerprint density at radius 3 is 2.56 bits per heavy atom. The minimum Gasteiger partial charge on any atom is -0.260 e. The summed E-state index contributed by atoms with van der Waals surface area (Å²) in [5, 5.41) is 0. The predicted molar refractivity (Wildman–Crippen MR) is 44.1 cm³/mol. The van der Waals surface area contributed by atoms with E-state index in [1.807, 2.05) is 18.2 Å². The van der Waals surface area contributed by atoms with E-state index >= 15 is 0 Å². The molecule has 0 atom stereocenters. The summed E-state index contributed by atoms with van der Waals surface area (Å²) in [7, 11) is 0. The maximum Gasteiger partial charge on any atom is 0.0647 e. The van der Waals surface area contributed by atoms with Crippen molar-refractivity contribution in [1.82, 2.24) is 4.98 Å². The van der Waals surface area contributed by atoms with Crippen molar-refractivity contribution >= 4 is 28.6 Å². The van der Waals surface area contributed by atoms with Crippen LogP contribution in [0.2, 0.25) is 0 Å². The molecule has 0 saturated heterocycles. The number of hydrogen-bond donors (Lipinski definition) is 0. The van der Waals surface area contributed by atoms with Gasteiger partial charge in [-0.15, -0.1) is 28.6 Å². The number of rotatable bonds is 1. The lowest BCUT2D eigenvalue weighted by Gasteiger charge is -1.87. The van der Waals surface area contributed by atoms with Crippen LogP contribution in [0, 0.1) is 0 Å². The number of pyridine rings is 1. The van der Waals surface area contributed by atoms with Gasteiger partial charge in [-0.2, -0.15) is 0 Å². The largest absolute Gasteiger partial charge is 0.260 e. The van der Waals surface area contributed by atoms with Gasteiger partial charge in [-0.25, -0.2) is 0 Å². The highest BCUT2D eigenvalue weighted by Gasteiger charge is 1.83. The molecule has 1 aromatic rings. The standard InChI is InChI=1S/C6H6ClN.BrH/c7-5-6-3-1-2-4-8-6;/h1-4H,5H2;1H. The van der Waals surface area contributed by atoms with Crippen molar-refractivity contribution in [3.05, 3.63) is 30.1 Å². The minimum absolute atomic E-state index is 0. The zero-order valence-electron chi connectivity index (χ0n) is 4.75. The number of nitrogens with zero attached hydrogens (tertiary/aromatic N) is 1. The third-order valence-corrected chi connectivity index (χ3v) is 1.14. The summed E-state index contributed by atoms with van der Waals surface area (Å²) < 4.78 is 0. The van der Waals surface area contributed by atoms with E-state index in [-0.39, 0.29) is 17.0 Å². The molecule has 0 N–H and O–H groups in total. The fourth-order valence-electron chi connectivity index (χ4n) is 0.477. The van der Waals surface area contributed by atoms with Crippen molar-refractivity contribution < 1.29 is 0 Å². The van der Waals surface area contributed by atoms with Gasteiger partial charge in [0.15, 0.2) is 0 Å². The molecule has 1 nitrogen and oxygen atoms in total. The molecule has 50 valence electrons. The van der Waals surface area contributed by atoms with Gasteiger partial charge in [-0.3, -0.25) is 4.98 Å². The van der Waals surface area contributed by atoms with Crippen molar-refractivity contribution in [3.8, 4) is 0 Å². The summed E-state index contributed by atoms with van der Waals surface area (Å²) in [6.07, 6.45) is 1.73. The quantitative estimate of drug-likeness (QED) is 0.646. The maximum absolute atomic E-state index is 5.46. The molecule has 0 unspecified atom stereocenters. The second-order valence-electron chi connectivity index (χ2n) is 1.45. The molecular weight excluding hydrogens is 201 g/mol. The summed E-state index contributed by atoms with van der Waals surface area (Å²) in [6, 6.07) is 5.69. The first kappa shape index (κ1) is 8.92. The fourth-order valence-corrected chi connectivity index (χ4v) is 0.635. The highest BCUT2D eigenvalue weighted by atomic mass is 79.9. The van der Waals surface area contributed by atoms with Gasteiger partial charge in [0.25, 0.3) is 0 Å². The van der Waals surface area contributed by atoms with Crippen LogP contribution in [0.3, 0.4) is 0 Å². The van der Waals surface area contributed by atoms with E-state index in [1.165, 1.54) is 0 Å². The zero-order chi connectivity index (χ0) is 5.82. The molecule has 0 radical (unpaired) electrons. The van der Waals surface area contributed by atoms with Crippen LogP contribution in [0.4, 0.5) is 0 Å². The van der Waals surface area contributed by atoms with Crippen LogP contribution < -0.4 is 0 Å². The van der Waals surface area contributed by atoms with E-state index in [0.717, 1.165) is 5.69 Å². The van der Waals surface area contributed by atoms with Crippen LogP contribution in [-0.4, -0.2) is 4.98 Å². The Kier molecular flexibility index (Phi) is 4.72. The number of halogens is 2. The van der Waals surface area contributed by atoms with Gasteiger partial charge in [0.1, 0.15) is 0 Å². The summed E-state index contributed by atoms with van der Waals surface area (Å²) >= 11 is 5.46. The van der Waals surface area contributed by atoms with E-state index in [9.17, 15) is 0 Å². The lowest BCUT2D eigenvalue weighted by Crippen LogP contribution is -1.79. The highest BCUT2D eigenvalue weighted by Crippen LogP contribution is 1.95. The molecule has 0 bridgehead atoms. The average Bonchev–Trinajstić information content (AvgIpc) is 1.90. The molecule has 0 aliphatic rings. The molecule has 0 saturated carbocycles. The smallest absolute Gasteiger partial charge is 0.0647 e. The monoisotopic (exact) mass is 207 g/mol. The predicted octanol–water partition coefficient (Wildman–Crippen LogP) is 2.40. The number of alkyl halides is 1. The molecule has 0 fully saturated rings. The Morgan fingerprint density at radius 2 is 2.22 bits per heavy atom. The lowest BCUT2D eigenvalue weighted by atomic mass is 10.4. The maximum atomic E-state index is 5.46. The van der Waals surface area contributed by atoms with Gasteiger partial charge >= 0.3 is 0 Å². The van der Waals surface area contributed by atoms with Crippen molar-refractivity contribution in [2.45, 2.75) is 5.88 Å². The molecule has 0 aromatic carbocycles. The van der Waals surface area contributed by atoms with Gasteiger partial charge in [0.2, 0.25) is 0 Å². The van der Waals surface area contributed by atoms with Gasteiger partial charge in [0, 0.05) is 6.20 Å². The molecule has 0 aliphatic heterocycles. The molecule has 3 heteroatoms. The van der Waals surface area contributed by atoms with Gasteiger partial charge < -0.3 is 0 Å². The third kappa shape index (κ3) is 2.82. The van der Waals surface area contributed by atoms with E-state index in [1.54, 1.807) is 6.20 Å². The minimum atomic E-state index is 0. The van der Waals surface area contributed by atoms with Gasteiger partial charge in [-0.05, 0) is 12.1 Å². The zero-order valence-corrected chi connectivity index (χ0v) is 7.22. The second-order valence-corrected chi connectivity index (χ2v) is 1.72. The first-order valence-corrected chi connectivity index (χ1v) is 2.93. The average molecular weight is 208 g/mol. The highest BCUT2D eigenvalue weighted by molar-refractivity contribution is 8.93. The first-order chi connectivity index (χ1) is 3.93. The van der Waals surface area contributed by atoms with Crippen molar-refractivity contribution in [3.63, 3.8) is 0 Å². The van der Waals surface area contributed by atoms with Crippen LogP contribution >= 0.6 is 28.6 Å². The van der Waals surface area contributed by atoms with Crippen LogP contribution in [0.25, 0.3) is 0 Å². The first-order valence-electron chi connectivity index (χ1n) is 2.39. The van der Waals surface area contributed by atoms with Crippen molar-refractivity contribution in [2.75, 3.05) is 0 Å². The normalized spacial score (nSPS) is 8.11. The lowest BCUT2D eigenvalue weighted by molar-refractivity contribution is 1.17. The second kappa shape index (κ2) is 4.77. The van der Waals surface area contributed by atoms with Gasteiger partial charge in [-0.1, -0.05) is 6.07 Å². The summed E-state index contributed by atoms with van der Waals surface area (Å²) in [5.74, 6) is 0.501. The van der Waals surface area contributed by atoms with E-state index in [0.29, 0.717) is 5.88 Å². The van der Waals surface area contributed by atoms with Crippen molar-refractivity contribution in [1.29, 1.82) is 0 Å². The molecule has 0 spiro atoms. The Morgan fingerprint density at radius 1 is 1.44 bits per heavy atom. The van der Waals surface area contributed by atoms with Crippen LogP contribution in [0.5, 0.6) is 0 Å². The fraction of sp³-hybridized carbons (Fsp3) is 0.167. The van der Waals surface area contributed by atoms with Crippen molar-refractivity contribution in [2.24, 2.45) is 0 Å². The van der Waals surface area contributed by atoms with Crippen LogP contribution in [0.15, 0.2) is 24.4 Å². The summed E-state index contributed by atoms with van der Waals surface area (Å²) in [5.41, 5.74) is 0.925. The molecular formula is C6H7BrClN. The topological polar surface area (TPSA) is 12.9 Å². The Balaban J connectivity index is 0.000000640. The Bertz CT molecular complexity index is 154. The molecule has 1 rings (SSSR count). The SMILES string of the molecule is Br.ClCc1ccccn1. The molecule has 0 aliphatic carbocycles. The molecule has 1 aromatic heterocycles. The van der Waals surface area contributed by atoms with Gasteiger partial charge in [0.05, 0.1) is 11.6 Å². The molecule has 1 heterocycles. The van der Waals surface area contributed by atoms with Crippen LogP contribution in [-0.2, 0) is 5.88 Å². The Hall–Kier alpha value is -0.0800. The number of hydrogen-bond acceptors (Lipinski definition) is 1. The summed E-state index contributed by atoms with van der Waals surface area (Å²) in [6.45, 7) is 0.